The fraction of sp³-hybridized carbons (Fsp3) is 0.455. The third kappa shape index (κ3) is 2.66. The van der Waals surface area contributed by atoms with Crippen molar-refractivity contribution in [2.24, 2.45) is 11.7 Å². The van der Waals surface area contributed by atoms with Crippen LogP contribution in [0.25, 0.3) is 0 Å². The second-order valence-corrected chi connectivity index (χ2v) is 4.61. The van der Waals surface area contributed by atoms with Gasteiger partial charge in [-0.05, 0) is 18.9 Å². The van der Waals surface area contributed by atoms with Gasteiger partial charge < -0.3 is 10.6 Å². The lowest BCUT2D eigenvalue weighted by Crippen LogP contribution is -2.39. The molecule has 6 heteroatoms. The summed E-state index contributed by atoms with van der Waals surface area (Å²) >= 11 is 5.65. The first-order valence-electron chi connectivity index (χ1n) is 5.48. The molecule has 17 heavy (non-hydrogen) atoms. The van der Waals surface area contributed by atoms with Gasteiger partial charge in [-0.2, -0.15) is 0 Å². The zero-order chi connectivity index (χ0) is 12.4. The zero-order valence-electron chi connectivity index (χ0n) is 9.29. The molecule has 0 aliphatic carbocycles. The van der Waals surface area contributed by atoms with Crippen LogP contribution in [0.2, 0.25) is 5.02 Å². The van der Waals surface area contributed by atoms with E-state index in [1.54, 1.807) is 0 Å². The normalized spacial score (nSPS) is 17.2. The van der Waals surface area contributed by atoms with Crippen LogP contribution in [0, 0.1) is 17.1 Å². The van der Waals surface area contributed by atoms with Crippen LogP contribution in [0.15, 0.2) is 12.3 Å². The molecule has 1 aromatic rings. The number of rotatable bonds is 2. The van der Waals surface area contributed by atoms with Crippen molar-refractivity contribution >= 4 is 23.3 Å². The van der Waals surface area contributed by atoms with Gasteiger partial charge in [-0.15, -0.1) is 0 Å². The van der Waals surface area contributed by atoms with Gasteiger partial charge in [0, 0.05) is 25.2 Å². The van der Waals surface area contributed by atoms with Crippen molar-refractivity contribution in [1.29, 1.82) is 5.41 Å². The van der Waals surface area contributed by atoms with Crippen LogP contribution in [0.4, 0.5) is 10.2 Å². The molecule has 4 nitrogen and oxygen atoms in total. The van der Waals surface area contributed by atoms with Gasteiger partial charge in [0.25, 0.3) is 0 Å². The Hall–Kier alpha value is -1.36. The van der Waals surface area contributed by atoms with Crippen molar-refractivity contribution in [3.8, 4) is 0 Å². The standard InChI is InChI=1S/C11H14ClFN4/c12-8-5-9(13)11(16-6-8)17-3-1-7(2-4-17)10(14)15/h5-7H,1-4H2,(H3,14,15). The van der Waals surface area contributed by atoms with E-state index in [2.05, 4.69) is 4.98 Å². The van der Waals surface area contributed by atoms with Gasteiger partial charge >= 0.3 is 0 Å². The van der Waals surface area contributed by atoms with E-state index in [0.717, 1.165) is 12.8 Å². The molecule has 92 valence electrons. The van der Waals surface area contributed by atoms with Crippen LogP contribution in [0.1, 0.15) is 12.8 Å². The monoisotopic (exact) mass is 256 g/mol. The lowest BCUT2D eigenvalue weighted by Gasteiger charge is -2.32. The van der Waals surface area contributed by atoms with Gasteiger partial charge in [0.05, 0.1) is 10.9 Å². The predicted octanol–water partition coefficient (Wildman–Crippen LogP) is 2.03. The van der Waals surface area contributed by atoms with Crippen LogP contribution in [0.5, 0.6) is 0 Å². The molecule has 3 N–H and O–H groups in total. The van der Waals surface area contributed by atoms with E-state index in [9.17, 15) is 4.39 Å². The summed E-state index contributed by atoms with van der Waals surface area (Å²) in [5.74, 6) is 0.256. The number of halogens is 2. The summed E-state index contributed by atoms with van der Waals surface area (Å²) in [7, 11) is 0. The van der Waals surface area contributed by atoms with E-state index in [1.807, 2.05) is 4.90 Å². The fourth-order valence-electron chi connectivity index (χ4n) is 2.04. The number of hydrogen-bond donors (Lipinski definition) is 2. The number of amidine groups is 1. The number of nitrogens with one attached hydrogen (secondary N) is 1. The Kier molecular flexibility index (Phi) is 3.47. The van der Waals surface area contributed by atoms with E-state index < -0.39 is 5.82 Å². The average molecular weight is 257 g/mol. The minimum Gasteiger partial charge on any atom is -0.387 e. The van der Waals surface area contributed by atoms with Gasteiger partial charge in [0.15, 0.2) is 11.6 Å². The molecule has 0 saturated carbocycles. The summed E-state index contributed by atoms with van der Waals surface area (Å²) in [6.07, 6.45) is 2.97. The minimum absolute atomic E-state index is 0.113. The zero-order valence-corrected chi connectivity index (χ0v) is 10.0. The van der Waals surface area contributed by atoms with E-state index in [1.165, 1.54) is 12.3 Å². The van der Waals surface area contributed by atoms with Crippen LogP contribution in [-0.2, 0) is 0 Å². The van der Waals surface area contributed by atoms with Crippen molar-refractivity contribution in [1.82, 2.24) is 4.98 Å². The number of aromatic nitrogens is 1. The van der Waals surface area contributed by atoms with Crippen molar-refractivity contribution in [2.75, 3.05) is 18.0 Å². The van der Waals surface area contributed by atoms with Gasteiger partial charge in [-0.25, -0.2) is 9.37 Å². The lowest BCUT2D eigenvalue weighted by molar-refractivity contribution is 0.486. The molecule has 0 atom stereocenters. The second-order valence-electron chi connectivity index (χ2n) is 4.18. The summed E-state index contributed by atoms with van der Waals surface area (Å²) in [6.45, 7) is 1.32. The molecule has 0 radical (unpaired) electrons. The number of pyridine rings is 1. The Balaban J connectivity index is 2.08. The third-order valence-electron chi connectivity index (χ3n) is 3.02. The predicted molar refractivity (Wildman–Crippen MR) is 66.1 cm³/mol. The first kappa shape index (κ1) is 12.1. The molecule has 1 aromatic heterocycles. The molecule has 0 bridgehead atoms. The summed E-state index contributed by atoms with van der Waals surface area (Å²) in [6, 6.07) is 1.26. The molecule has 1 aliphatic heterocycles. The maximum absolute atomic E-state index is 13.6. The number of nitrogens with two attached hydrogens (primary N) is 1. The van der Waals surface area contributed by atoms with Gasteiger partial charge in [-0.1, -0.05) is 11.6 Å². The number of piperidine rings is 1. The van der Waals surface area contributed by atoms with E-state index in [0.29, 0.717) is 23.9 Å². The number of nitrogens with zero attached hydrogens (tertiary/aromatic N) is 2. The molecule has 1 aliphatic rings. The highest BCUT2D eigenvalue weighted by Crippen LogP contribution is 2.25. The SMILES string of the molecule is N=C(N)C1CCN(c2ncc(Cl)cc2F)CC1. The van der Waals surface area contributed by atoms with E-state index in [4.69, 9.17) is 22.7 Å². The molecular weight excluding hydrogens is 243 g/mol. The molecular formula is C11H14ClFN4. The summed E-state index contributed by atoms with van der Waals surface area (Å²) < 4.78 is 13.6. The molecule has 0 unspecified atom stereocenters. The van der Waals surface area contributed by atoms with Crippen molar-refractivity contribution in [3.63, 3.8) is 0 Å². The largest absolute Gasteiger partial charge is 0.387 e. The summed E-state index contributed by atoms with van der Waals surface area (Å²) in [4.78, 5) is 5.87. The van der Waals surface area contributed by atoms with Gasteiger partial charge in [0.1, 0.15) is 0 Å². The number of anilines is 1. The van der Waals surface area contributed by atoms with E-state index in [-0.39, 0.29) is 11.8 Å². The Morgan fingerprint density at radius 1 is 1.53 bits per heavy atom. The highest BCUT2D eigenvalue weighted by Gasteiger charge is 2.23. The minimum atomic E-state index is -0.404. The third-order valence-corrected chi connectivity index (χ3v) is 3.23. The highest BCUT2D eigenvalue weighted by molar-refractivity contribution is 6.30. The van der Waals surface area contributed by atoms with Crippen LogP contribution < -0.4 is 10.6 Å². The molecule has 1 saturated heterocycles. The average Bonchev–Trinajstić information content (AvgIpc) is 2.29. The van der Waals surface area contributed by atoms with E-state index >= 15 is 0 Å². The summed E-state index contributed by atoms with van der Waals surface area (Å²) in [5.41, 5.74) is 5.46. The van der Waals surface area contributed by atoms with Crippen molar-refractivity contribution in [3.05, 3.63) is 23.1 Å². The Morgan fingerprint density at radius 3 is 2.71 bits per heavy atom. The fourth-order valence-corrected chi connectivity index (χ4v) is 2.19. The first-order valence-corrected chi connectivity index (χ1v) is 5.85. The molecule has 0 amide bonds. The topological polar surface area (TPSA) is 66.0 Å². The molecule has 2 rings (SSSR count). The Bertz CT molecular complexity index is 429. The molecule has 0 spiro atoms. The Labute approximate surface area is 104 Å². The molecule has 0 aromatic carbocycles. The van der Waals surface area contributed by atoms with Crippen molar-refractivity contribution in [2.45, 2.75) is 12.8 Å². The van der Waals surface area contributed by atoms with Crippen LogP contribution >= 0.6 is 11.6 Å². The second kappa shape index (κ2) is 4.87. The first-order chi connectivity index (χ1) is 8.08. The summed E-state index contributed by atoms with van der Waals surface area (Å²) in [5, 5.41) is 7.68. The smallest absolute Gasteiger partial charge is 0.167 e. The van der Waals surface area contributed by atoms with Crippen LogP contribution in [-0.4, -0.2) is 23.9 Å². The maximum atomic E-state index is 13.6. The van der Waals surface area contributed by atoms with Crippen LogP contribution in [0.3, 0.4) is 0 Å². The Morgan fingerprint density at radius 2 is 2.18 bits per heavy atom. The quantitative estimate of drug-likeness (QED) is 0.629. The maximum Gasteiger partial charge on any atom is 0.167 e. The number of hydrogen-bond acceptors (Lipinski definition) is 3. The lowest BCUT2D eigenvalue weighted by atomic mass is 9.96. The highest BCUT2D eigenvalue weighted by atomic mass is 35.5. The van der Waals surface area contributed by atoms with Crippen molar-refractivity contribution < 1.29 is 4.39 Å². The van der Waals surface area contributed by atoms with Gasteiger partial charge in [0.2, 0.25) is 0 Å². The molecule has 2 heterocycles. The van der Waals surface area contributed by atoms with Gasteiger partial charge in [-0.3, -0.25) is 5.41 Å². The molecule has 1 fully saturated rings.